The average molecular weight is 1120 g/mol. The van der Waals surface area contributed by atoms with Crippen LogP contribution < -0.4 is 5.06 Å². The van der Waals surface area contributed by atoms with Crippen LogP contribution >= 0.6 is 23.2 Å². The second-order valence-electron chi connectivity index (χ2n) is 19.0. The highest BCUT2D eigenvalue weighted by Crippen LogP contribution is 2.43. The third kappa shape index (κ3) is 10.3. The number of benzene rings is 4. The van der Waals surface area contributed by atoms with Gasteiger partial charge in [0.05, 0.1) is 36.3 Å². The largest absolute Gasteiger partial charge is 0.418 e. The van der Waals surface area contributed by atoms with Crippen LogP contribution in [0.2, 0.25) is 10.0 Å². The molecule has 2 N–H and O–H groups in total. The number of hydrogen-bond donors (Lipinski definition) is 2. The van der Waals surface area contributed by atoms with Crippen LogP contribution in [0, 0.1) is 24.5 Å². The lowest BCUT2D eigenvalue weighted by atomic mass is 9.91. The number of carbonyl (C=O) groups is 5. The molecule has 5 amide bonds. The van der Waals surface area contributed by atoms with Crippen LogP contribution in [0.4, 0.5) is 27.6 Å². The van der Waals surface area contributed by atoms with Gasteiger partial charge < -0.3 is 29.5 Å². The van der Waals surface area contributed by atoms with Crippen molar-refractivity contribution in [3.63, 3.8) is 0 Å². The number of imide groups is 1. The summed E-state index contributed by atoms with van der Waals surface area (Å²) in [5.74, 6) is -5.36. The van der Waals surface area contributed by atoms with Crippen molar-refractivity contribution in [1.82, 2.24) is 44.5 Å². The first-order valence-corrected chi connectivity index (χ1v) is 24.9. The number of amides is 5. The third-order valence-electron chi connectivity index (χ3n) is 14.0. The molecule has 20 nitrogen and oxygen atoms in total. The number of ether oxygens (including phenoxy) is 2. The predicted molar refractivity (Wildman–Crippen MR) is 262 cm³/mol. The van der Waals surface area contributed by atoms with Crippen molar-refractivity contribution in [3.8, 4) is 16.9 Å². The number of hydroxylamine groups is 1. The smallest absolute Gasteiger partial charge is 0.394 e. The van der Waals surface area contributed by atoms with E-state index in [0.29, 0.717) is 11.1 Å². The molecule has 408 valence electrons. The minimum absolute atomic E-state index is 0.0391. The summed E-state index contributed by atoms with van der Waals surface area (Å²) >= 11 is 11.9. The Morgan fingerprint density at radius 2 is 1.71 bits per heavy atom. The molecule has 1 unspecified atom stereocenters. The van der Waals surface area contributed by atoms with Crippen LogP contribution in [-0.2, 0) is 41.4 Å². The first-order valence-electron chi connectivity index (χ1n) is 24.2. The van der Waals surface area contributed by atoms with Gasteiger partial charge in [-0.05, 0) is 79.6 Å². The Morgan fingerprint density at radius 1 is 0.974 bits per heavy atom. The summed E-state index contributed by atoms with van der Waals surface area (Å²) < 4.78 is 87.3. The normalized spacial score (nSPS) is 21.8. The zero-order valence-electron chi connectivity index (χ0n) is 41.1. The number of alkyl halides is 3. The van der Waals surface area contributed by atoms with Crippen LogP contribution in [0.3, 0.4) is 0 Å². The molecule has 6 atom stereocenters. The van der Waals surface area contributed by atoms with Crippen LogP contribution in [0.1, 0.15) is 68.5 Å². The summed E-state index contributed by atoms with van der Waals surface area (Å²) in [6.45, 7) is -0.110. The topological polar surface area (TPSA) is 228 Å². The van der Waals surface area contributed by atoms with E-state index in [1.165, 1.54) is 42.1 Å². The lowest BCUT2D eigenvalue weighted by molar-refractivity contribution is -0.225. The fourth-order valence-corrected chi connectivity index (χ4v) is 10.2. The highest BCUT2D eigenvalue weighted by atomic mass is 35.5. The number of halogens is 7. The van der Waals surface area contributed by atoms with E-state index in [0.717, 1.165) is 49.7 Å². The Labute approximate surface area is 449 Å². The monoisotopic (exact) mass is 1120 g/mol. The molecule has 0 bridgehead atoms. The summed E-state index contributed by atoms with van der Waals surface area (Å²) in [6, 6.07) is 15.2. The van der Waals surface area contributed by atoms with Crippen molar-refractivity contribution in [3.05, 3.63) is 141 Å². The van der Waals surface area contributed by atoms with E-state index < -0.39 is 107 Å². The number of rotatable bonds is 14. The van der Waals surface area contributed by atoms with Gasteiger partial charge in [0.2, 0.25) is 11.8 Å². The number of aliphatic hydroxyl groups excluding tert-OH is 2. The van der Waals surface area contributed by atoms with Crippen LogP contribution in [-0.4, -0.2) is 149 Å². The minimum Gasteiger partial charge on any atom is -0.394 e. The zero-order chi connectivity index (χ0) is 55.5. The van der Waals surface area contributed by atoms with Crippen molar-refractivity contribution >= 4 is 58.4 Å². The number of aryl methyl sites for hydroxylation is 1. The number of likely N-dealkylation sites (N-methyl/N-ethyl adjacent to an activating group) is 1. The van der Waals surface area contributed by atoms with E-state index in [4.69, 9.17) is 37.5 Å². The molecule has 4 aliphatic rings. The Kier molecular flexibility index (Phi) is 14.9. The molecular formula is C51H45Cl2F5N10O10. The highest BCUT2D eigenvalue weighted by molar-refractivity contribution is 6.31. The number of likely N-dealkylation sites (tertiary alicyclic amines) is 2. The van der Waals surface area contributed by atoms with Gasteiger partial charge in [0, 0.05) is 60.7 Å². The third-order valence-corrected chi connectivity index (χ3v) is 14.6. The second-order valence-corrected chi connectivity index (χ2v) is 19.8. The molecule has 0 saturated carbocycles. The molecule has 0 radical (unpaired) electrons. The summed E-state index contributed by atoms with van der Waals surface area (Å²) in [5.41, 5.74) is -0.600. The van der Waals surface area contributed by atoms with Gasteiger partial charge >= 0.3 is 6.18 Å². The molecule has 10 rings (SSSR count). The molecule has 3 saturated heterocycles. The van der Waals surface area contributed by atoms with Gasteiger partial charge in [0.15, 0.2) is 5.82 Å². The van der Waals surface area contributed by atoms with Crippen molar-refractivity contribution in [2.75, 3.05) is 45.0 Å². The van der Waals surface area contributed by atoms with Crippen LogP contribution in [0.25, 0.3) is 16.9 Å². The second kappa shape index (κ2) is 21.5. The molecule has 4 aliphatic heterocycles. The molecule has 78 heavy (non-hydrogen) atoms. The molecule has 3 fully saturated rings. The number of carbonyl (C=O) groups excluding carboxylic acids is 5. The summed E-state index contributed by atoms with van der Waals surface area (Å²) in [5, 5.41) is 34.9. The van der Waals surface area contributed by atoms with E-state index in [9.17, 15) is 56.1 Å². The molecular weight excluding hydrogens is 1080 g/mol. The summed E-state index contributed by atoms with van der Waals surface area (Å²) in [7, 11) is 1.37. The highest BCUT2D eigenvalue weighted by Gasteiger charge is 2.51. The zero-order valence-corrected chi connectivity index (χ0v) is 42.6. The fraction of sp³-hybridized carbons (Fsp3) is 0.353. The fourth-order valence-electron chi connectivity index (χ4n) is 9.92. The first kappa shape index (κ1) is 54.1. The van der Waals surface area contributed by atoms with Crippen LogP contribution in [0.15, 0.2) is 85.1 Å². The van der Waals surface area contributed by atoms with Crippen molar-refractivity contribution < 1.29 is 70.4 Å². The maximum atomic E-state index is 14.6. The standard InChI is InChI=1S/C51H45Cl2F5N10O10/c1-25-59-47(67(61-25)38-17-30(52)8-11-33(38)51(56,57)58)46-45(43(44(72)39(22-69)78-46)66-21-36(60-62-66)28-15-34(54)42(53)35(55)16-28)76-24-41(71)64-18-26(19-64)23-77-68(48(73)27-6-4-3-5-7-27)31-9-10-32-29(14-31)20-65(49(32)74)37-12-13-40(70)63(2)50(37)75/h3-11,14-17,21,26,37,39,43-46,69,72H,12-13,18-20,22-24H2,1-2H3/t37?,39-,43+,44+,45-,46-/m1/s1. The van der Waals surface area contributed by atoms with Gasteiger partial charge in [0.1, 0.15) is 71.3 Å². The Morgan fingerprint density at radius 3 is 2.41 bits per heavy atom. The quantitative estimate of drug-likeness (QED) is 0.0578. The van der Waals surface area contributed by atoms with Gasteiger partial charge in [-0.3, -0.25) is 33.7 Å². The number of nitrogens with zero attached hydrogens (tertiary/aromatic N) is 10. The number of piperidine rings is 1. The van der Waals surface area contributed by atoms with E-state index in [1.807, 2.05) is 0 Å². The maximum absolute atomic E-state index is 14.6. The number of anilines is 1. The molecule has 4 aromatic carbocycles. The van der Waals surface area contributed by atoms with E-state index in [2.05, 4.69) is 20.4 Å². The minimum atomic E-state index is -4.93. The van der Waals surface area contributed by atoms with Gasteiger partial charge in [-0.2, -0.15) is 23.3 Å². The van der Waals surface area contributed by atoms with Crippen molar-refractivity contribution in [1.29, 1.82) is 0 Å². The summed E-state index contributed by atoms with van der Waals surface area (Å²) in [6.07, 6.45) is -10.0. The predicted octanol–water partition coefficient (Wildman–Crippen LogP) is 5.70. The van der Waals surface area contributed by atoms with Gasteiger partial charge in [0.25, 0.3) is 17.7 Å². The Bertz CT molecular complexity index is 3320. The molecule has 2 aromatic heterocycles. The average Bonchev–Trinajstić information content (AvgIpc) is 4.23. The van der Waals surface area contributed by atoms with Gasteiger partial charge in [-0.25, -0.2) is 23.1 Å². The lowest BCUT2D eigenvalue weighted by Crippen LogP contribution is -2.56. The maximum Gasteiger partial charge on any atom is 0.418 e. The SMILES string of the molecule is Cc1nc([C@@H]2O[C@H](CO)[C@H](O)[C@H](n3cc(-c4cc(F)c(Cl)c(F)c4)nn3)[C@H]2OCC(=O)N2CC(CON(C(=O)c3ccccc3)c3ccc4c(c3)CN(C3CCC(=O)N(C)C3=O)C4=O)C2)n(-c2cc(Cl)ccc2C(F)(F)F)n1. The van der Waals surface area contributed by atoms with Gasteiger partial charge in [-0.1, -0.05) is 46.6 Å². The number of hydrogen-bond acceptors (Lipinski definition) is 14. The van der Waals surface area contributed by atoms with Crippen LogP contribution in [0.5, 0.6) is 0 Å². The molecule has 0 spiro atoms. The molecule has 6 heterocycles. The number of aromatic nitrogens is 6. The summed E-state index contributed by atoms with van der Waals surface area (Å²) in [4.78, 5) is 81.3. The molecule has 0 aliphatic carbocycles. The van der Waals surface area contributed by atoms with E-state index >= 15 is 0 Å². The van der Waals surface area contributed by atoms with Crippen molar-refractivity contribution in [2.24, 2.45) is 5.92 Å². The number of aliphatic hydroxyl groups is 2. The molecule has 27 heteroatoms. The lowest BCUT2D eigenvalue weighted by Gasteiger charge is -2.44. The van der Waals surface area contributed by atoms with Crippen molar-refractivity contribution in [2.45, 2.75) is 69.0 Å². The molecule has 6 aromatic rings. The number of fused-ring (bicyclic) bond motifs is 1. The van der Waals surface area contributed by atoms with E-state index in [1.54, 1.807) is 36.4 Å². The first-order chi connectivity index (χ1) is 37.2. The van der Waals surface area contributed by atoms with E-state index in [-0.39, 0.29) is 90.1 Å². The Hall–Kier alpha value is -7.26. The Balaban J connectivity index is 0.893. The van der Waals surface area contributed by atoms with Gasteiger partial charge in [-0.15, -0.1) is 5.10 Å².